The summed E-state index contributed by atoms with van der Waals surface area (Å²) in [5.74, 6) is 2.25. The van der Waals surface area contributed by atoms with E-state index in [9.17, 15) is 4.39 Å². The van der Waals surface area contributed by atoms with Crippen LogP contribution in [-0.4, -0.2) is 50.6 Å². The minimum Gasteiger partial charge on any atom is -0.353 e. The average molecular weight is 457 g/mol. The Morgan fingerprint density at radius 2 is 2.03 bits per heavy atom. The normalized spacial score (nSPS) is 18.3. The molecule has 6 rings (SSSR count). The van der Waals surface area contributed by atoms with Crippen LogP contribution >= 0.6 is 0 Å². The summed E-state index contributed by atoms with van der Waals surface area (Å²) >= 11 is 0. The van der Waals surface area contributed by atoms with Gasteiger partial charge in [-0.25, -0.2) is 24.3 Å². The lowest BCUT2D eigenvalue weighted by molar-refractivity contribution is 0.483. The number of anilines is 3. The van der Waals surface area contributed by atoms with Crippen LogP contribution in [-0.2, 0) is 0 Å². The minimum atomic E-state index is -0.439. The Balaban J connectivity index is 1.45. The summed E-state index contributed by atoms with van der Waals surface area (Å²) in [6.07, 6.45) is 9.37. The van der Waals surface area contributed by atoms with Gasteiger partial charge in [0, 0.05) is 55.2 Å². The van der Waals surface area contributed by atoms with Gasteiger partial charge in [0.15, 0.2) is 17.5 Å². The molecule has 1 saturated heterocycles. The molecule has 34 heavy (non-hydrogen) atoms. The highest BCUT2D eigenvalue weighted by molar-refractivity contribution is 5.94. The second-order valence-electron chi connectivity index (χ2n) is 8.96. The van der Waals surface area contributed by atoms with Crippen LogP contribution in [0.3, 0.4) is 0 Å². The van der Waals surface area contributed by atoms with Gasteiger partial charge in [0.1, 0.15) is 11.6 Å². The summed E-state index contributed by atoms with van der Waals surface area (Å²) < 4.78 is 14.1. The Labute approximate surface area is 196 Å². The van der Waals surface area contributed by atoms with Gasteiger partial charge in [-0.1, -0.05) is 0 Å². The van der Waals surface area contributed by atoms with Crippen LogP contribution in [0.25, 0.3) is 22.3 Å². The number of hydrogen-bond donors (Lipinski definition) is 2. The lowest BCUT2D eigenvalue weighted by Gasteiger charge is -2.33. The second kappa shape index (κ2) is 8.57. The molecular weight excluding hydrogens is 431 g/mol. The summed E-state index contributed by atoms with van der Waals surface area (Å²) in [7, 11) is 0. The zero-order valence-corrected chi connectivity index (χ0v) is 18.9. The van der Waals surface area contributed by atoms with Crippen molar-refractivity contribution in [3.63, 3.8) is 0 Å². The molecule has 0 bridgehead atoms. The highest BCUT2D eigenvalue weighted by Crippen LogP contribution is 2.45. The van der Waals surface area contributed by atoms with Crippen molar-refractivity contribution in [2.24, 2.45) is 0 Å². The van der Waals surface area contributed by atoms with Gasteiger partial charge in [0.25, 0.3) is 0 Å². The third-order valence-corrected chi connectivity index (χ3v) is 6.33. The van der Waals surface area contributed by atoms with E-state index in [2.05, 4.69) is 37.4 Å². The smallest absolute Gasteiger partial charge is 0.167 e. The molecule has 2 N–H and O–H groups in total. The second-order valence-corrected chi connectivity index (χ2v) is 8.96. The van der Waals surface area contributed by atoms with Crippen molar-refractivity contribution in [1.29, 1.82) is 0 Å². The van der Waals surface area contributed by atoms with Crippen LogP contribution in [0.5, 0.6) is 0 Å². The molecule has 0 spiro atoms. The van der Waals surface area contributed by atoms with E-state index < -0.39 is 5.82 Å². The third kappa shape index (κ3) is 4.03. The van der Waals surface area contributed by atoms with E-state index in [1.165, 1.54) is 30.7 Å². The molecule has 2 aliphatic rings. The molecule has 2 fully saturated rings. The Kier molecular flexibility index (Phi) is 5.26. The summed E-state index contributed by atoms with van der Waals surface area (Å²) in [4.78, 5) is 25.2. The molecular formula is C25H25FN8. The largest absolute Gasteiger partial charge is 0.353 e. The number of hydrogen-bond acceptors (Lipinski definition) is 8. The van der Waals surface area contributed by atoms with Crippen LogP contribution in [0.15, 0.2) is 49.1 Å². The fourth-order valence-electron chi connectivity index (χ4n) is 4.51. The number of nitrogens with one attached hydrogen (secondary N) is 2. The first-order valence-corrected chi connectivity index (χ1v) is 11.6. The maximum absolute atomic E-state index is 14.1. The monoisotopic (exact) mass is 456 g/mol. The lowest BCUT2D eigenvalue weighted by Crippen LogP contribution is -2.49. The fraction of sp³-hybridized carbons (Fsp3) is 0.320. The summed E-state index contributed by atoms with van der Waals surface area (Å²) in [6, 6.07) is 6.96. The predicted octanol–water partition coefficient (Wildman–Crippen LogP) is 4.04. The van der Waals surface area contributed by atoms with Gasteiger partial charge < -0.3 is 15.5 Å². The number of rotatable bonds is 5. The van der Waals surface area contributed by atoms with Gasteiger partial charge in [0.05, 0.1) is 11.7 Å². The molecule has 4 aromatic rings. The topological polar surface area (TPSA) is 91.8 Å². The number of pyridine rings is 3. The standard InChI is InChI=1S/C25H25FN8/c1-15-14-34(10-9-28-15)25-22-18(16-4-5-16)12-27-13-20(22)31-23(33-25)17-6-8-29-21(11-17)32-24-19(26)3-2-7-30-24/h2-3,6-8,11-13,15-16,28H,4-5,9-10,14H2,1H3,(H,29,30,32). The van der Waals surface area contributed by atoms with Gasteiger partial charge in [-0.05, 0) is 55.5 Å². The van der Waals surface area contributed by atoms with Crippen molar-refractivity contribution in [3.05, 3.63) is 60.4 Å². The molecule has 1 saturated carbocycles. The predicted molar refractivity (Wildman–Crippen MR) is 130 cm³/mol. The molecule has 172 valence electrons. The van der Waals surface area contributed by atoms with Gasteiger partial charge in [0.2, 0.25) is 0 Å². The maximum atomic E-state index is 14.1. The molecule has 1 aliphatic carbocycles. The number of piperazine rings is 1. The van der Waals surface area contributed by atoms with Crippen molar-refractivity contribution in [1.82, 2.24) is 30.2 Å². The summed E-state index contributed by atoms with van der Waals surface area (Å²) in [5, 5.41) is 7.57. The van der Waals surface area contributed by atoms with E-state index in [-0.39, 0.29) is 5.82 Å². The highest BCUT2D eigenvalue weighted by Gasteiger charge is 2.30. The van der Waals surface area contributed by atoms with E-state index in [4.69, 9.17) is 9.97 Å². The molecule has 8 nitrogen and oxygen atoms in total. The average Bonchev–Trinajstić information content (AvgIpc) is 3.70. The van der Waals surface area contributed by atoms with Crippen molar-refractivity contribution in [3.8, 4) is 11.4 Å². The molecule has 1 atom stereocenters. The van der Waals surface area contributed by atoms with E-state index in [1.807, 2.05) is 24.5 Å². The molecule has 9 heteroatoms. The van der Waals surface area contributed by atoms with E-state index in [0.717, 1.165) is 41.9 Å². The first kappa shape index (κ1) is 20.9. The quantitative estimate of drug-likeness (QED) is 0.465. The molecule has 1 aliphatic heterocycles. The summed E-state index contributed by atoms with van der Waals surface area (Å²) in [6.45, 7) is 4.85. The van der Waals surface area contributed by atoms with Crippen LogP contribution in [0, 0.1) is 5.82 Å². The van der Waals surface area contributed by atoms with E-state index >= 15 is 0 Å². The van der Waals surface area contributed by atoms with Crippen molar-refractivity contribution >= 4 is 28.4 Å². The minimum absolute atomic E-state index is 0.125. The van der Waals surface area contributed by atoms with Crippen molar-refractivity contribution in [2.45, 2.75) is 31.7 Å². The van der Waals surface area contributed by atoms with Crippen LogP contribution in [0.4, 0.5) is 21.8 Å². The van der Waals surface area contributed by atoms with Crippen LogP contribution in [0.2, 0.25) is 0 Å². The van der Waals surface area contributed by atoms with E-state index in [0.29, 0.717) is 23.6 Å². The van der Waals surface area contributed by atoms with Crippen LogP contribution in [0.1, 0.15) is 31.2 Å². The van der Waals surface area contributed by atoms with Gasteiger partial charge in [-0.3, -0.25) is 4.98 Å². The van der Waals surface area contributed by atoms with Crippen molar-refractivity contribution < 1.29 is 4.39 Å². The Bertz CT molecular complexity index is 1360. The van der Waals surface area contributed by atoms with Crippen molar-refractivity contribution in [2.75, 3.05) is 29.9 Å². The lowest BCUT2D eigenvalue weighted by atomic mass is 10.1. The fourth-order valence-corrected chi connectivity index (χ4v) is 4.51. The molecule has 4 aromatic heterocycles. The summed E-state index contributed by atoms with van der Waals surface area (Å²) in [5.41, 5.74) is 2.88. The molecule has 5 heterocycles. The molecule has 0 radical (unpaired) electrons. The first-order chi connectivity index (χ1) is 16.7. The van der Waals surface area contributed by atoms with Gasteiger partial charge in [-0.15, -0.1) is 0 Å². The van der Waals surface area contributed by atoms with Crippen LogP contribution < -0.4 is 15.5 Å². The molecule has 0 aromatic carbocycles. The van der Waals surface area contributed by atoms with Gasteiger partial charge >= 0.3 is 0 Å². The zero-order chi connectivity index (χ0) is 23.1. The maximum Gasteiger partial charge on any atom is 0.167 e. The molecule has 0 amide bonds. The first-order valence-electron chi connectivity index (χ1n) is 11.6. The Morgan fingerprint density at radius 1 is 1.12 bits per heavy atom. The van der Waals surface area contributed by atoms with E-state index in [1.54, 1.807) is 12.3 Å². The molecule has 1 unspecified atom stereocenters. The number of fused-ring (bicyclic) bond motifs is 1. The third-order valence-electron chi connectivity index (χ3n) is 6.33. The Morgan fingerprint density at radius 3 is 2.85 bits per heavy atom. The highest BCUT2D eigenvalue weighted by atomic mass is 19.1. The zero-order valence-electron chi connectivity index (χ0n) is 18.9. The number of halogens is 1. The SMILES string of the molecule is CC1CN(c2nc(-c3ccnc(Nc4ncccc4F)c3)nc3cncc(C4CC4)c23)CCN1. The number of aromatic nitrogens is 5. The number of nitrogens with zero attached hydrogens (tertiary/aromatic N) is 6. The van der Waals surface area contributed by atoms with Gasteiger partial charge in [-0.2, -0.15) is 0 Å². The Hall–Kier alpha value is -3.72.